The smallest absolute Gasteiger partial charge is 0.334 e. The predicted molar refractivity (Wildman–Crippen MR) is 57.8 cm³/mol. The maximum atomic E-state index is 11.3. The Labute approximate surface area is 90.7 Å². The van der Waals surface area contributed by atoms with Crippen molar-refractivity contribution in [3.8, 4) is 0 Å². The Morgan fingerprint density at radius 1 is 1.50 bits per heavy atom. The zero-order valence-corrected chi connectivity index (χ0v) is 9.30. The second-order valence-corrected chi connectivity index (χ2v) is 4.00. The highest BCUT2D eigenvalue weighted by molar-refractivity contribution is 9.10. The van der Waals surface area contributed by atoms with Crippen molar-refractivity contribution in [3.05, 3.63) is 39.4 Å². The summed E-state index contributed by atoms with van der Waals surface area (Å²) in [5, 5.41) is 0. The Morgan fingerprint density at radius 3 is 2.93 bits per heavy atom. The van der Waals surface area contributed by atoms with Gasteiger partial charge in [0.1, 0.15) is 0 Å². The molecule has 1 aromatic carbocycles. The molecule has 1 aliphatic rings. The molecule has 3 heteroatoms. The van der Waals surface area contributed by atoms with Gasteiger partial charge in [-0.2, -0.15) is 0 Å². The van der Waals surface area contributed by atoms with E-state index in [1.807, 2.05) is 24.3 Å². The number of hydrogen-bond acceptors (Lipinski definition) is 2. The average molecular weight is 253 g/mol. The molecule has 0 heterocycles. The fraction of sp³-hybridized carbons (Fsp3) is 0.182. The quantitative estimate of drug-likeness (QED) is 0.719. The Bertz CT molecular complexity index is 421. The van der Waals surface area contributed by atoms with Crippen molar-refractivity contribution in [1.82, 2.24) is 0 Å². The molecule has 14 heavy (non-hydrogen) atoms. The molecule has 0 saturated carbocycles. The van der Waals surface area contributed by atoms with Crippen molar-refractivity contribution in [2.45, 2.75) is 6.42 Å². The molecule has 1 aliphatic carbocycles. The van der Waals surface area contributed by atoms with E-state index < -0.39 is 0 Å². The third-order valence-corrected chi connectivity index (χ3v) is 3.04. The molecule has 0 spiro atoms. The topological polar surface area (TPSA) is 26.3 Å². The molecule has 0 aliphatic heterocycles. The minimum atomic E-state index is -0.242. The molecule has 72 valence electrons. The van der Waals surface area contributed by atoms with Gasteiger partial charge in [0.25, 0.3) is 0 Å². The maximum Gasteiger partial charge on any atom is 0.334 e. The first-order valence-corrected chi connectivity index (χ1v) is 5.08. The Hall–Kier alpha value is -1.09. The molecule has 0 saturated heterocycles. The van der Waals surface area contributed by atoms with E-state index >= 15 is 0 Å². The normalized spacial score (nSPS) is 13.4. The van der Waals surface area contributed by atoms with Gasteiger partial charge in [-0.3, -0.25) is 0 Å². The monoisotopic (exact) mass is 252 g/mol. The highest BCUT2D eigenvalue weighted by atomic mass is 79.9. The molecule has 0 amide bonds. The molecule has 0 radical (unpaired) electrons. The van der Waals surface area contributed by atoms with Gasteiger partial charge < -0.3 is 4.74 Å². The van der Waals surface area contributed by atoms with Crippen molar-refractivity contribution in [1.29, 1.82) is 0 Å². The lowest BCUT2D eigenvalue weighted by molar-refractivity contribution is -0.136. The van der Waals surface area contributed by atoms with E-state index in [1.54, 1.807) is 0 Å². The predicted octanol–water partition coefficient (Wildman–Crippen LogP) is 2.56. The molecular weight excluding hydrogens is 244 g/mol. The molecule has 0 bridgehead atoms. The fourth-order valence-corrected chi connectivity index (χ4v) is 2.11. The summed E-state index contributed by atoms with van der Waals surface area (Å²) in [5.41, 5.74) is 2.97. The number of hydrogen-bond donors (Lipinski definition) is 0. The van der Waals surface area contributed by atoms with Crippen LogP contribution in [0.1, 0.15) is 11.1 Å². The number of carbonyl (C=O) groups excluding carboxylic acids is 1. The molecule has 1 aromatic rings. The van der Waals surface area contributed by atoms with Crippen molar-refractivity contribution in [2.75, 3.05) is 7.11 Å². The van der Waals surface area contributed by atoms with Gasteiger partial charge in [-0.1, -0.05) is 28.1 Å². The zero-order valence-electron chi connectivity index (χ0n) is 7.71. The number of esters is 1. The van der Waals surface area contributed by atoms with Crippen LogP contribution in [0.15, 0.2) is 28.2 Å². The Morgan fingerprint density at radius 2 is 2.29 bits per heavy atom. The lowest BCUT2D eigenvalue weighted by Gasteiger charge is -2.01. The van der Waals surface area contributed by atoms with E-state index in [9.17, 15) is 4.79 Å². The summed E-state index contributed by atoms with van der Waals surface area (Å²) in [7, 11) is 1.40. The van der Waals surface area contributed by atoms with Crippen LogP contribution >= 0.6 is 15.9 Å². The van der Waals surface area contributed by atoms with Crippen LogP contribution in [-0.4, -0.2) is 13.1 Å². The second-order valence-electron chi connectivity index (χ2n) is 3.15. The van der Waals surface area contributed by atoms with Crippen LogP contribution in [0.2, 0.25) is 0 Å². The summed E-state index contributed by atoms with van der Waals surface area (Å²) in [6.07, 6.45) is 2.54. The van der Waals surface area contributed by atoms with Gasteiger partial charge in [0, 0.05) is 16.5 Å². The van der Waals surface area contributed by atoms with Crippen molar-refractivity contribution in [3.63, 3.8) is 0 Å². The average Bonchev–Trinajstić information content (AvgIpc) is 2.62. The summed E-state index contributed by atoms with van der Waals surface area (Å²) in [6, 6.07) is 5.93. The van der Waals surface area contributed by atoms with Gasteiger partial charge in [-0.25, -0.2) is 4.79 Å². The third-order valence-electron chi connectivity index (χ3n) is 2.30. The number of carbonyl (C=O) groups is 1. The fourth-order valence-electron chi connectivity index (χ4n) is 1.59. The minimum Gasteiger partial charge on any atom is -0.466 e. The largest absolute Gasteiger partial charge is 0.466 e. The number of halogens is 1. The first-order chi connectivity index (χ1) is 6.72. The number of rotatable bonds is 1. The van der Waals surface area contributed by atoms with Crippen LogP contribution < -0.4 is 0 Å². The van der Waals surface area contributed by atoms with Crippen LogP contribution in [0.5, 0.6) is 0 Å². The van der Waals surface area contributed by atoms with Crippen LogP contribution in [-0.2, 0) is 16.0 Å². The van der Waals surface area contributed by atoms with Gasteiger partial charge in [0.15, 0.2) is 0 Å². The van der Waals surface area contributed by atoms with Crippen LogP contribution in [0, 0.1) is 0 Å². The number of ether oxygens (including phenoxy) is 1. The van der Waals surface area contributed by atoms with Gasteiger partial charge >= 0.3 is 5.97 Å². The molecule has 0 fully saturated rings. The van der Waals surface area contributed by atoms with E-state index in [1.165, 1.54) is 7.11 Å². The van der Waals surface area contributed by atoms with E-state index in [-0.39, 0.29) is 5.97 Å². The van der Waals surface area contributed by atoms with Crippen molar-refractivity contribution in [2.24, 2.45) is 0 Å². The van der Waals surface area contributed by atoms with Crippen molar-refractivity contribution < 1.29 is 9.53 Å². The van der Waals surface area contributed by atoms with Gasteiger partial charge in [-0.05, 0) is 23.3 Å². The molecule has 2 rings (SSSR count). The minimum absolute atomic E-state index is 0.242. The molecule has 0 aromatic heterocycles. The summed E-state index contributed by atoms with van der Waals surface area (Å²) < 4.78 is 5.73. The zero-order chi connectivity index (χ0) is 10.1. The SMILES string of the molecule is COC(=O)C1=Cc2cccc(Br)c2C1. The first kappa shape index (κ1) is 9.46. The molecular formula is C11H9BrO2. The van der Waals surface area contributed by atoms with E-state index in [2.05, 4.69) is 20.7 Å². The second kappa shape index (κ2) is 3.58. The number of benzene rings is 1. The Balaban J connectivity index is 2.37. The summed E-state index contributed by atoms with van der Waals surface area (Å²) in [5.74, 6) is -0.242. The molecule has 0 N–H and O–H groups in total. The number of fused-ring (bicyclic) bond motifs is 1. The first-order valence-electron chi connectivity index (χ1n) is 4.28. The lowest BCUT2D eigenvalue weighted by Crippen LogP contribution is -2.04. The van der Waals surface area contributed by atoms with E-state index in [0.717, 1.165) is 21.2 Å². The maximum absolute atomic E-state index is 11.3. The third kappa shape index (κ3) is 1.48. The highest BCUT2D eigenvalue weighted by Crippen LogP contribution is 2.31. The van der Waals surface area contributed by atoms with Gasteiger partial charge in [0.05, 0.1) is 7.11 Å². The number of methoxy groups -OCH3 is 1. The summed E-state index contributed by atoms with van der Waals surface area (Å²) in [4.78, 5) is 11.3. The van der Waals surface area contributed by atoms with E-state index in [4.69, 9.17) is 0 Å². The van der Waals surface area contributed by atoms with Gasteiger partial charge in [0.2, 0.25) is 0 Å². The highest BCUT2D eigenvalue weighted by Gasteiger charge is 2.20. The molecule has 2 nitrogen and oxygen atoms in total. The Kier molecular flexibility index (Phi) is 2.42. The summed E-state index contributed by atoms with van der Waals surface area (Å²) in [6.45, 7) is 0. The molecule has 0 unspecified atom stereocenters. The van der Waals surface area contributed by atoms with Crippen LogP contribution in [0.25, 0.3) is 6.08 Å². The van der Waals surface area contributed by atoms with Crippen molar-refractivity contribution >= 4 is 28.0 Å². The van der Waals surface area contributed by atoms with Gasteiger partial charge in [-0.15, -0.1) is 0 Å². The van der Waals surface area contributed by atoms with Crippen LogP contribution in [0.3, 0.4) is 0 Å². The van der Waals surface area contributed by atoms with Crippen LogP contribution in [0.4, 0.5) is 0 Å². The standard InChI is InChI=1S/C11H9BrO2/c1-14-11(13)8-5-7-3-2-4-10(12)9(7)6-8/h2-5H,6H2,1H3. The molecule has 0 atom stereocenters. The van der Waals surface area contributed by atoms with E-state index in [0.29, 0.717) is 6.42 Å². The summed E-state index contributed by atoms with van der Waals surface area (Å²) >= 11 is 3.46. The lowest BCUT2D eigenvalue weighted by atomic mass is 10.1.